The molecule has 6 unspecified atom stereocenters. The van der Waals surface area contributed by atoms with Gasteiger partial charge in [-0.2, -0.15) is 5.10 Å². The van der Waals surface area contributed by atoms with E-state index >= 15 is 0 Å². The van der Waals surface area contributed by atoms with Crippen LogP contribution in [0.3, 0.4) is 0 Å². The maximum absolute atomic E-state index is 13.4. The first-order valence-corrected chi connectivity index (χ1v) is 12.8. The van der Waals surface area contributed by atoms with Crippen molar-refractivity contribution in [3.63, 3.8) is 0 Å². The van der Waals surface area contributed by atoms with Crippen molar-refractivity contribution in [3.05, 3.63) is 17.8 Å². The van der Waals surface area contributed by atoms with Crippen LogP contribution in [0.15, 0.2) is 12.3 Å². The summed E-state index contributed by atoms with van der Waals surface area (Å²) in [7, 11) is 1.34. The number of aromatic nitrogens is 2. The minimum Gasteiger partial charge on any atom is -0.479 e. The zero-order chi connectivity index (χ0) is 24.2. The molecular formula is C26H39N3O5. The Hall–Kier alpha value is -2.35. The molecule has 8 nitrogen and oxygen atoms in total. The summed E-state index contributed by atoms with van der Waals surface area (Å²) >= 11 is 0. The number of fused-ring (bicyclic) bond motifs is 1. The van der Waals surface area contributed by atoms with Gasteiger partial charge in [-0.15, -0.1) is 0 Å². The molecule has 3 fully saturated rings. The Morgan fingerprint density at radius 1 is 1.24 bits per heavy atom. The van der Waals surface area contributed by atoms with Gasteiger partial charge in [0, 0.05) is 19.4 Å². The number of carbonyl (C=O) groups excluding carboxylic acids is 1. The van der Waals surface area contributed by atoms with Gasteiger partial charge in [-0.3, -0.25) is 4.79 Å². The summed E-state index contributed by atoms with van der Waals surface area (Å²) in [5.41, 5.74) is 0.395. The Kier molecular flexibility index (Phi) is 7.96. The van der Waals surface area contributed by atoms with E-state index in [1.165, 1.54) is 62.4 Å². The van der Waals surface area contributed by atoms with E-state index in [4.69, 9.17) is 9.47 Å². The zero-order valence-corrected chi connectivity index (χ0v) is 20.6. The summed E-state index contributed by atoms with van der Waals surface area (Å²) in [6, 6.07) is 0.164. The van der Waals surface area contributed by atoms with Gasteiger partial charge in [0.1, 0.15) is 5.56 Å². The maximum atomic E-state index is 13.4. The van der Waals surface area contributed by atoms with E-state index in [1.807, 2.05) is 0 Å². The predicted octanol–water partition coefficient (Wildman–Crippen LogP) is 4.21. The fourth-order valence-corrected chi connectivity index (χ4v) is 6.01. The van der Waals surface area contributed by atoms with Crippen LogP contribution in [-0.4, -0.2) is 52.6 Å². The summed E-state index contributed by atoms with van der Waals surface area (Å²) in [5, 5.41) is 16.9. The number of aliphatic carboxylic acids is 1. The van der Waals surface area contributed by atoms with Gasteiger partial charge < -0.3 is 19.9 Å². The number of nitrogens with zero attached hydrogens (tertiary/aromatic N) is 2. The number of ether oxygens (including phenoxy) is 2. The van der Waals surface area contributed by atoms with Crippen molar-refractivity contribution in [1.29, 1.82) is 0 Å². The standard InChI is InChI=1S/C26H39N3O5/c1-16-11-17(2)23(20-13-19(20)12-16)28-24(30)21-14-27-29(10-9-22(33-3)26(31)32)25(21)34-15-18-7-5-4-6-8-18/h9-10,14,16-20,22-23H,4-8,11-13,15H2,1-3H3,(H,28,30)(H,31,32)/b10-9+. The molecule has 1 heterocycles. The summed E-state index contributed by atoms with van der Waals surface area (Å²) in [6.45, 7) is 5.08. The van der Waals surface area contributed by atoms with Crippen molar-refractivity contribution in [2.24, 2.45) is 29.6 Å². The van der Waals surface area contributed by atoms with E-state index in [2.05, 4.69) is 24.3 Å². The average molecular weight is 474 g/mol. The molecule has 3 aliphatic carbocycles. The highest BCUT2D eigenvalue weighted by Crippen LogP contribution is 2.51. The molecule has 0 aliphatic heterocycles. The second-order valence-corrected chi connectivity index (χ2v) is 10.7. The Morgan fingerprint density at radius 2 is 2.00 bits per heavy atom. The molecule has 0 radical (unpaired) electrons. The van der Waals surface area contributed by atoms with Gasteiger partial charge in [0.25, 0.3) is 5.91 Å². The highest BCUT2D eigenvalue weighted by Gasteiger charge is 2.48. The van der Waals surface area contributed by atoms with Crippen LogP contribution in [0, 0.1) is 29.6 Å². The minimum atomic E-state index is -1.10. The molecule has 3 aliphatic rings. The number of carbonyl (C=O) groups is 2. The first-order chi connectivity index (χ1) is 16.4. The summed E-state index contributed by atoms with van der Waals surface area (Å²) in [4.78, 5) is 24.7. The predicted molar refractivity (Wildman–Crippen MR) is 128 cm³/mol. The van der Waals surface area contributed by atoms with Gasteiger partial charge in [-0.1, -0.05) is 33.1 Å². The largest absolute Gasteiger partial charge is 0.479 e. The molecular weight excluding hydrogens is 434 g/mol. The molecule has 188 valence electrons. The van der Waals surface area contributed by atoms with E-state index in [1.54, 1.807) is 0 Å². The molecule has 6 atom stereocenters. The second kappa shape index (κ2) is 10.9. The quantitative estimate of drug-likeness (QED) is 0.557. The molecule has 0 spiro atoms. The van der Waals surface area contributed by atoms with Gasteiger partial charge in [0.2, 0.25) is 5.88 Å². The molecule has 2 N–H and O–H groups in total. The van der Waals surface area contributed by atoms with Crippen molar-refractivity contribution in [1.82, 2.24) is 15.1 Å². The molecule has 0 aromatic carbocycles. The summed E-state index contributed by atoms with van der Waals surface area (Å²) in [6.07, 6.45) is 12.8. The van der Waals surface area contributed by atoms with Crippen molar-refractivity contribution >= 4 is 18.1 Å². The van der Waals surface area contributed by atoms with Gasteiger partial charge in [-0.05, 0) is 67.8 Å². The summed E-state index contributed by atoms with van der Waals surface area (Å²) in [5.74, 6) is 1.96. The van der Waals surface area contributed by atoms with Crippen LogP contribution in [0.2, 0.25) is 0 Å². The SMILES string of the molecule is COC(/C=C/n1ncc(C(=O)NC2C(C)CC(C)CC3CC32)c1OCC1CCCCC1)C(=O)O. The Morgan fingerprint density at radius 3 is 2.71 bits per heavy atom. The third-order valence-electron chi connectivity index (χ3n) is 7.90. The number of carboxylic acids is 1. The van der Waals surface area contributed by atoms with Crippen molar-refractivity contribution < 1.29 is 24.2 Å². The minimum absolute atomic E-state index is 0.164. The lowest BCUT2D eigenvalue weighted by Crippen LogP contribution is -2.41. The zero-order valence-electron chi connectivity index (χ0n) is 20.6. The Balaban J connectivity index is 1.52. The molecule has 1 amide bonds. The van der Waals surface area contributed by atoms with Gasteiger partial charge >= 0.3 is 5.97 Å². The van der Waals surface area contributed by atoms with E-state index in [0.717, 1.165) is 25.2 Å². The van der Waals surface area contributed by atoms with Crippen LogP contribution in [0.4, 0.5) is 0 Å². The van der Waals surface area contributed by atoms with Crippen LogP contribution in [-0.2, 0) is 9.53 Å². The van der Waals surface area contributed by atoms with E-state index in [-0.39, 0.29) is 11.9 Å². The molecule has 0 saturated heterocycles. The van der Waals surface area contributed by atoms with Gasteiger partial charge in [-0.25, -0.2) is 9.48 Å². The first kappa shape index (κ1) is 24.8. The van der Waals surface area contributed by atoms with E-state index in [0.29, 0.717) is 41.7 Å². The molecule has 34 heavy (non-hydrogen) atoms. The van der Waals surface area contributed by atoms with E-state index in [9.17, 15) is 14.7 Å². The number of carboxylic acid groups (broad SMARTS) is 1. The van der Waals surface area contributed by atoms with Crippen LogP contribution in [0.25, 0.3) is 6.20 Å². The monoisotopic (exact) mass is 473 g/mol. The lowest BCUT2D eigenvalue weighted by atomic mass is 9.90. The third-order valence-corrected chi connectivity index (χ3v) is 7.90. The van der Waals surface area contributed by atoms with Gasteiger partial charge in [0.05, 0.1) is 12.8 Å². The van der Waals surface area contributed by atoms with Gasteiger partial charge in [0.15, 0.2) is 6.10 Å². The highest BCUT2D eigenvalue weighted by atomic mass is 16.5. The van der Waals surface area contributed by atoms with Crippen molar-refractivity contribution in [2.45, 2.75) is 77.4 Å². The number of rotatable bonds is 9. The number of nitrogens with one attached hydrogen (secondary N) is 1. The molecule has 3 saturated carbocycles. The van der Waals surface area contributed by atoms with Crippen molar-refractivity contribution in [3.8, 4) is 5.88 Å². The van der Waals surface area contributed by atoms with Crippen LogP contribution in [0.5, 0.6) is 5.88 Å². The second-order valence-electron chi connectivity index (χ2n) is 10.7. The molecule has 1 aromatic rings. The number of hydrogen-bond donors (Lipinski definition) is 2. The van der Waals surface area contributed by atoms with Crippen LogP contribution in [0.1, 0.15) is 75.6 Å². The smallest absolute Gasteiger partial charge is 0.336 e. The lowest BCUT2D eigenvalue weighted by molar-refractivity contribution is -0.145. The molecule has 4 rings (SSSR count). The van der Waals surface area contributed by atoms with Crippen LogP contribution >= 0.6 is 0 Å². The maximum Gasteiger partial charge on any atom is 0.336 e. The van der Waals surface area contributed by atoms with Crippen molar-refractivity contribution in [2.75, 3.05) is 13.7 Å². The molecule has 1 aromatic heterocycles. The first-order valence-electron chi connectivity index (χ1n) is 12.8. The van der Waals surface area contributed by atoms with E-state index < -0.39 is 12.1 Å². The normalized spacial score (nSPS) is 30.4. The third kappa shape index (κ3) is 5.82. The fraction of sp³-hybridized carbons (Fsp3) is 0.731. The average Bonchev–Trinajstić information content (AvgIpc) is 3.45. The fourth-order valence-electron chi connectivity index (χ4n) is 6.01. The molecule has 8 heteroatoms. The topological polar surface area (TPSA) is 103 Å². The Bertz CT molecular complexity index is 891. The summed E-state index contributed by atoms with van der Waals surface area (Å²) < 4.78 is 12.6. The Labute approximate surface area is 202 Å². The molecule has 0 bridgehead atoms. The number of methoxy groups -OCH3 is 1. The van der Waals surface area contributed by atoms with Crippen LogP contribution < -0.4 is 10.1 Å². The highest BCUT2D eigenvalue weighted by molar-refractivity contribution is 5.96. The number of hydrogen-bond acceptors (Lipinski definition) is 5. The lowest BCUT2D eigenvalue weighted by Gasteiger charge is -2.25. The number of amides is 1.